The normalized spacial score (nSPS) is 32.6. The molecule has 2 unspecified atom stereocenters. The summed E-state index contributed by atoms with van der Waals surface area (Å²) in [5, 5.41) is 2.92. The molecule has 1 saturated heterocycles. The number of rotatable bonds is 2. The fraction of sp³-hybridized carbons (Fsp3) is 0.917. The summed E-state index contributed by atoms with van der Waals surface area (Å²) >= 11 is 0. The van der Waals surface area contributed by atoms with E-state index in [4.69, 9.17) is 0 Å². The summed E-state index contributed by atoms with van der Waals surface area (Å²) < 4.78 is 0. The van der Waals surface area contributed by atoms with Gasteiger partial charge in [-0.2, -0.15) is 0 Å². The molecule has 2 fully saturated rings. The van der Waals surface area contributed by atoms with Crippen LogP contribution in [-0.2, 0) is 0 Å². The maximum absolute atomic E-state index is 11.6. The fourth-order valence-electron chi connectivity index (χ4n) is 2.80. The number of amides is 2. The summed E-state index contributed by atoms with van der Waals surface area (Å²) in [5.74, 6) is 1.54. The number of carbonyl (C=O) groups is 1. The highest BCUT2D eigenvalue weighted by atomic mass is 16.2. The zero-order valence-electron chi connectivity index (χ0n) is 9.67. The maximum atomic E-state index is 11.6. The Morgan fingerprint density at radius 2 is 2.13 bits per heavy atom. The number of urea groups is 1. The van der Waals surface area contributed by atoms with E-state index in [2.05, 4.69) is 12.2 Å². The van der Waals surface area contributed by atoms with Crippen LogP contribution in [-0.4, -0.2) is 30.6 Å². The number of nitrogens with zero attached hydrogens (tertiary/aromatic N) is 1. The van der Waals surface area contributed by atoms with Crippen LogP contribution in [0.1, 0.15) is 39.0 Å². The summed E-state index contributed by atoms with van der Waals surface area (Å²) in [4.78, 5) is 13.6. The van der Waals surface area contributed by atoms with Gasteiger partial charge in [0.05, 0.1) is 0 Å². The molecule has 1 aliphatic heterocycles. The van der Waals surface area contributed by atoms with Crippen LogP contribution in [0.25, 0.3) is 0 Å². The van der Waals surface area contributed by atoms with Crippen LogP contribution in [0, 0.1) is 11.8 Å². The molecule has 1 N–H and O–H groups in total. The van der Waals surface area contributed by atoms with Crippen molar-refractivity contribution in [3.8, 4) is 0 Å². The van der Waals surface area contributed by atoms with E-state index in [0.29, 0.717) is 0 Å². The van der Waals surface area contributed by atoms with E-state index < -0.39 is 0 Å². The zero-order valence-corrected chi connectivity index (χ0v) is 9.67. The third-order valence-corrected chi connectivity index (χ3v) is 3.91. The Morgan fingerprint density at radius 1 is 1.33 bits per heavy atom. The average molecular weight is 210 g/mol. The molecule has 0 aromatic carbocycles. The van der Waals surface area contributed by atoms with Crippen molar-refractivity contribution in [1.82, 2.24) is 10.2 Å². The smallest absolute Gasteiger partial charge is 0.317 e. The molecule has 3 nitrogen and oxygen atoms in total. The molecule has 0 radical (unpaired) electrons. The van der Waals surface area contributed by atoms with Gasteiger partial charge in [0.1, 0.15) is 0 Å². The molecular weight excluding hydrogens is 188 g/mol. The molecule has 1 aliphatic carbocycles. The molecule has 2 amide bonds. The van der Waals surface area contributed by atoms with Crippen LogP contribution in [0.4, 0.5) is 4.79 Å². The highest BCUT2D eigenvalue weighted by Gasteiger charge is 2.26. The molecule has 15 heavy (non-hydrogen) atoms. The van der Waals surface area contributed by atoms with Gasteiger partial charge in [-0.15, -0.1) is 0 Å². The Morgan fingerprint density at radius 3 is 2.87 bits per heavy atom. The van der Waals surface area contributed by atoms with Crippen LogP contribution in [0.15, 0.2) is 0 Å². The van der Waals surface area contributed by atoms with Gasteiger partial charge < -0.3 is 10.2 Å². The minimum absolute atomic E-state index is 0.152. The van der Waals surface area contributed by atoms with E-state index in [1.54, 1.807) is 0 Å². The van der Waals surface area contributed by atoms with Gasteiger partial charge in [-0.3, -0.25) is 0 Å². The van der Waals surface area contributed by atoms with Gasteiger partial charge in [0.15, 0.2) is 0 Å². The lowest BCUT2D eigenvalue weighted by Gasteiger charge is -2.35. The lowest BCUT2D eigenvalue weighted by Crippen LogP contribution is -2.48. The highest BCUT2D eigenvalue weighted by Crippen LogP contribution is 2.30. The first-order valence-corrected chi connectivity index (χ1v) is 6.30. The third kappa shape index (κ3) is 2.64. The molecule has 3 heteroatoms. The minimum atomic E-state index is 0.152. The molecule has 0 bridgehead atoms. The van der Waals surface area contributed by atoms with Crippen LogP contribution in [0.5, 0.6) is 0 Å². The van der Waals surface area contributed by atoms with Crippen molar-refractivity contribution in [2.45, 2.75) is 39.0 Å². The molecule has 86 valence electrons. The minimum Gasteiger partial charge on any atom is -0.338 e. The molecule has 0 spiro atoms. The molecular formula is C12H22N2O. The van der Waals surface area contributed by atoms with E-state index in [0.717, 1.165) is 37.9 Å². The van der Waals surface area contributed by atoms with Gasteiger partial charge in [-0.05, 0) is 24.7 Å². The second-order valence-corrected chi connectivity index (χ2v) is 5.05. The van der Waals surface area contributed by atoms with E-state index >= 15 is 0 Å². The van der Waals surface area contributed by atoms with Crippen LogP contribution >= 0.6 is 0 Å². The van der Waals surface area contributed by atoms with Gasteiger partial charge >= 0.3 is 6.03 Å². The summed E-state index contributed by atoms with van der Waals surface area (Å²) in [6.07, 6.45) is 6.49. The van der Waals surface area contributed by atoms with Crippen molar-refractivity contribution in [2.75, 3.05) is 19.6 Å². The van der Waals surface area contributed by atoms with E-state index in [9.17, 15) is 4.79 Å². The van der Waals surface area contributed by atoms with Crippen molar-refractivity contribution >= 4 is 6.03 Å². The monoisotopic (exact) mass is 210 g/mol. The summed E-state index contributed by atoms with van der Waals surface area (Å²) in [6, 6.07) is 0.152. The predicted molar refractivity (Wildman–Crippen MR) is 60.7 cm³/mol. The number of nitrogens with one attached hydrogen (secondary N) is 1. The summed E-state index contributed by atoms with van der Waals surface area (Å²) in [7, 11) is 0. The summed E-state index contributed by atoms with van der Waals surface area (Å²) in [5.41, 5.74) is 0. The van der Waals surface area contributed by atoms with Crippen molar-refractivity contribution < 1.29 is 4.79 Å². The highest BCUT2D eigenvalue weighted by molar-refractivity contribution is 5.74. The van der Waals surface area contributed by atoms with Gasteiger partial charge in [0.25, 0.3) is 0 Å². The third-order valence-electron chi connectivity index (χ3n) is 3.91. The fourth-order valence-corrected chi connectivity index (χ4v) is 2.80. The molecule has 0 aromatic heterocycles. The first-order valence-electron chi connectivity index (χ1n) is 6.30. The van der Waals surface area contributed by atoms with Gasteiger partial charge in [-0.25, -0.2) is 4.79 Å². The Labute approximate surface area is 92.2 Å². The Bertz CT molecular complexity index is 230. The molecule has 2 atom stereocenters. The molecule has 0 aromatic rings. The van der Waals surface area contributed by atoms with Crippen LogP contribution in [0.2, 0.25) is 0 Å². The zero-order chi connectivity index (χ0) is 10.7. The molecule has 1 heterocycles. The number of hydrogen-bond acceptors (Lipinski definition) is 1. The molecule has 2 rings (SSSR count). The molecule has 1 saturated carbocycles. The lowest BCUT2D eigenvalue weighted by atomic mass is 9.80. The molecule has 2 aliphatic rings. The summed E-state index contributed by atoms with van der Waals surface area (Å²) in [6.45, 7) is 5.13. The van der Waals surface area contributed by atoms with E-state index in [1.165, 1.54) is 25.7 Å². The Balaban J connectivity index is 1.86. The van der Waals surface area contributed by atoms with Crippen molar-refractivity contribution in [1.29, 1.82) is 0 Å². The predicted octanol–water partition coefficient (Wildman–Crippen LogP) is 2.23. The first-order chi connectivity index (χ1) is 7.27. The topological polar surface area (TPSA) is 32.3 Å². The largest absolute Gasteiger partial charge is 0.338 e. The van der Waals surface area contributed by atoms with Gasteiger partial charge in [-0.1, -0.05) is 26.2 Å². The average Bonchev–Trinajstić information content (AvgIpc) is 2.24. The standard InChI is InChI=1S/C12H22N2O/c1-10-5-2-3-6-11(10)9-14-8-4-7-13-12(14)15/h10-11H,2-9H2,1H3,(H,13,15). The maximum Gasteiger partial charge on any atom is 0.317 e. The first kappa shape index (κ1) is 10.8. The second-order valence-electron chi connectivity index (χ2n) is 5.05. The van der Waals surface area contributed by atoms with Gasteiger partial charge in [0, 0.05) is 19.6 Å². The lowest BCUT2D eigenvalue weighted by molar-refractivity contribution is 0.148. The van der Waals surface area contributed by atoms with Crippen molar-refractivity contribution in [2.24, 2.45) is 11.8 Å². The van der Waals surface area contributed by atoms with E-state index in [1.807, 2.05) is 4.90 Å². The number of hydrogen-bond donors (Lipinski definition) is 1. The number of carbonyl (C=O) groups excluding carboxylic acids is 1. The quantitative estimate of drug-likeness (QED) is 0.744. The second kappa shape index (κ2) is 4.86. The Kier molecular flexibility index (Phi) is 3.49. The van der Waals surface area contributed by atoms with Crippen LogP contribution in [0.3, 0.4) is 0 Å². The van der Waals surface area contributed by atoms with Crippen molar-refractivity contribution in [3.63, 3.8) is 0 Å². The van der Waals surface area contributed by atoms with E-state index in [-0.39, 0.29) is 6.03 Å². The van der Waals surface area contributed by atoms with Crippen molar-refractivity contribution in [3.05, 3.63) is 0 Å². The Hall–Kier alpha value is -0.730. The van der Waals surface area contributed by atoms with Gasteiger partial charge in [0.2, 0.25) is 0 Å². The SMILES string of the molecule is CC1CCCCC1CN1CCCNC1=O. The van der Waals surface area contributed by atoms with Crippen LogP contribution < -0.4 is 5.32 Å².